The number of esters is 1. The van der Waals surface area contributed by atoms with Gasteiger partial charge in [0.25, 0.3) is 0 Å². The van der Waals surface area contributed by atoms with E-state index < -0.39 is 0 Å². The molecule has 1 heterocycles. The Morgan fingerprint density at radius 1 is 0.778 bits per heavy atom. The third-order valence-corrected chi connectivity index (χ3v) is 3.53. The summed E-state index contributed by atoms with van der Waals surface area (Å²) in [5.74, 6) is 0.584. The lowest BCUT2D eigenvalue weighted by atomic mass is 9.96. The first-order chi connectivity index (χ1) is 8.84. The molecule has 2 heteroatoms. The molecule has 0 N–H and O–H groups in total. The summed E-state index contributed by atoms with van der Waals surface area (Å²) in [6.45, 7) is 0. The smallest absolute Gasteiger partial charge is 0.315 e. The van der Waals surface area contributed by atoms with Crippen LogP contribution in [0.25, 0.3) is 21.5 Å². The molecule has 2 nitrogen and oxygen atoms in total. The van der Waals surface area contributed by atoms with Crippen LogP contribution in [0.2, 0.25) is 0 Å². The Balaban J connectivity index is 2.31. The van der Waals surface area contributed by atoms with Crippen molar-refractivity contribution >= 4 is 27.5 Å². The molecule has 0 bridgehead atoms. The van der Waals surface area contributed by atoms with Crippen molar-refractivity contribution in [3.8, 4) is 5.75 Å². The minimum atomic E-state index is -0.161. The average molecular weight is 234 g/mol. The van der Waals surface area contributed by atoms with Gasteiger partial charge in [0.1, 0.15) is 5.75 Å². The summed E-state index contributed by atoms with van der Waals surface area (Å²) in [4.78, 5) is 11.6. The molecule has 0 atom stereocenters. The number of rotatable bonds is 0. The van der Waals surface area contributed by atoms with Gasteiger partial charge in [-0.15, -0.1) is 0 Å². The molecule has 0 fully saturated rings. The largest absolute Gasteiger partial charge is 0.425 e. The average Bonchev–Trinajstić information content (AvgIpc) is 2.81. The summed E-state index contributed by atoms with van der Waals surface area (Å²) in [6.07, 6.45) is 0.376. The van der Waals surface area contributed by atoms with Crippen LogP contribution in [0.3, 0.4) is 0 Å². The molecule has 0 radical (unpaired) electrons. The van der Waals surface area contributed by atoms with Gasteiger partial charge in [0, 0.05) is 10.9 Å². The van der Waals surface area contributed by atoms with E-state index in [1.165, 1.54) is 5.39 Å². The quantitative estimate of drug-likeness (QED) is 0.338. The second-order valence-electron chi connectivity index (χ2n) is 4.55. The van der Waals surface area contributed by atoms with Gasteiger partial charge >= 0.3 is 5.97 Å². The Bertz CT molecular complexity index is 736. The Morgan fingerprint density at radius 2 is 1.33 bits per heavy atom. The van der Waals surface area contributed by atoms with Gasteiger partial charge in [0.2, 0.25) is 0 Å². The fourth-order valence-electron chi connectivity index (χ4n) is 2.77. The highest BCUT2D eigenvalue weighted by atomic mass is 16.5. The van der Waals surface area contributed by atoms with Gasteiger partial charge in [-0.2, -0.15) is 0 Å². The van der Waals surface area contributed by atoms with E-state index in [0.29, 0.717) is 6.42 Å². The normalized spacial score (nSPS) is 13.9. The highest BCUT2D eigenvalue weighted by molar-refractivity contribution is 6.14. The molecule has 0 saturated heterocycles. The topological polar surface area (TPSA) is 26.3 Å². The molecule has 1 aliphatic heterocycles. The van der Waals surface area contributed by atoms with Crippen LogP contribution >= 0.6 is 0 Å². The van der Waals surface area contributed by atoms with E-state index in [-0.39, 0.29) is 5.97 Å². The lowest BCUT2D eigenvalue weighted by molar-refractivity contribution is -0.131. The summed E-state index contributed by atoms with van der Waals surface area (Å²) in [7, 11) is 0. The zero-order valence-corrected chi connectivity index (χ0v) is 9.64. The number of fused-ring (bicyclic) bond motifs is 6. The predicted molar refractivity (Wildman–Crippen MR) is 70.8 cm³/mol. The van der Waals surface area contributed by atoms with Gasteiger partial charge < -0.3 is 4.74 Å². The maximum Gasteiger partial charge on any atom is 0.315 e. The van der Waals surface area contributed by atoms with E-state index in [4.69, 9.17) is 4.74 Å². The molecule has 0 aromatic heterocycles. The maximum absolute atomic E-state index is 11.6. The van der Waals surface area contributed by atoms with Gasteiger partial charge in [0.15, 0.2) is 0 Å². The molecule has 3 aromatic carbocycles. The summed E-state index contributed by atoms with van der Waals surface area (Å²) >= 11 is 0. The van der Waals surface area contributed by atoms with Crippen LogP contribution in [0.15, 0.2) is 48.5 Å². The van der Waals surface area contributed by atoms with Crippen molar-refractivity contribution in [1.82, 2.24) is 0 Å². The van der Waals surface area contributed by atoms with Crippen molar-refractivity contribution in [3.05, 3.63) is 54.1 Å². The third kappa shape index (κ3) is 1.15. The Morgan fingerprint density at radius 3 is 2.06 bits per heavy atom. The van der Waals surface area contributed by atoms with Crippen LogP contribution in [0.4, 0.5) is 0 Å². The first-order valence-electron chi connectivity index (χ1n) is 5.97. The maximum atomic E-state index is 11.6. The molecule has 4 rings (SSSR count). The first kappa shape index (κ1) is 9.66. The van der Waals surface area contributed by atoms with Gasteiger partial charge in [-0.1, -0.05) is 48.5 Å². The molecular formula is C16H10O2. The lowest BCUT2D eigenvalue weighted by Crippen LogP contribution is -2.00. The molecule has 18 heavy (non-hydrogen) atoms. The first-order valence-corrected chi connectivity index (χ1v) is 5.97. The second-order valence-corrected chi connectivity index (χ2v) is 4.55. The van der Waals surface area contributed by atoms with Crippen molar-refractivity contribution in [2.24, 2.45) is 0 Å². The summed E-state index contributed by atoms with van der Waals surface area (Å²) < 4.78 is 5.39. The van der Waals surface area contributed by atoms with E-state index >= 15 is 0 Å². The molecule has 0 amide bonds. The van der Waals surface area contributed by atoms with Crippen molar-refractivity contribution in [2.75, 3.05) is 0 Å². The van der Waals surface area contributed by atoms with Crippen molar-refractivity contribution in [1.29, 1.82) is 0 Å². The number of carbonyl (C=O) groups is 1. The monoisotopic (exact) mass is 234 g/mol. The molecule has 0 saturated carbocycles. The summed E-state index contributed by atoms with van der Waals surface area (Å²) in [5.41, 5.74) is 1.02. The predicted octanol–water partition coefficient (Wildman–Crippen LogP) is 3.45. The van der Waals surface area contributed by atoms with Crippen LogP contribution in [-0.4, -0.2) is 5.97 Å². The van der Waals surface area contributed by atoms with Crippen LogP contribution in [0.1, 0.15) is 5.56 Å². The van der Waals surface area contributed by atoms with Crippen LogP contribution < -0.4 is 4.74 Å². The second kappa shape index (κ2) is 3.33. The van der Waals surface area contributed by atoms with Crippen LogP contribution in [0, 0.1) is 0 Å². The van der Waals surface area contributed by atoms with Crippen molar-refractivity contribution < 1.29 is 9.53 Å². The molecule has 0 unspecified atom stereocenters. The minimum absolute atomic E-state index is 0.161. The minimum Gasteiger partial charge on any atom is -0.425 e. The number of hydrogen-bond acceptors (Lipinski definition) is 2. The van der Waals surface area contributed by atoms with Gasteiger partial charge in [0.05, 0.1) is 6.42 Å². The fraction of sp³-hybridized carbons (Fsp3) is 0.0625. The summed E-state index contributed by atoms with van der Waals surface area (Å²) in [6, 6.07) is 16.3. The van der Waals surface area contributed by atoms with Crippen LogP contribution in [-0.2, 0) is 11.2 Å². The summed E-state index contributed by atoms with van der Waals surface area (Å²) in [5, 5.41) is 4.47. The zero-order valence-electron chi connectivity index (χ0n) is 9.64. The Hall–Kier alpha value is -2.35. The molecule has 1 aliphatic rings. The number of ether oxygens (including phenoxy) is 1. The Labute approximate surface area is 104 Å². The molecule has 0 spiro atoms. The van der Waals surface area contributed by atoms with E-state index in [9.17, 15) is 4.79 Å². The molecule has 0 aliphatic carbocycles. The standard InChI is InChI=1S/C16H10O2/c17-15-9-14-12-7-2-1-5-10(12)11-6-3-4-8-13(11)16(14)18-15/h1-8H,9H2. The Kier molecular flexibility index (Phi) is 1.78. The van der Waals surface area contributed by atoms with Crippen molar-refractivity contribution in [2.45, 2.75) is 6.42 Å². The van der Waals surface area contributed by atoms with Gasteiger partial charge in [-0.25, -0.2) is 0 Å². The number of carbonyl (C=O) groups excluding carboxylic acids is 1. The van der Waals surface area contributed by atoms with E-state index in [0.717, 1.165) is 27.5 Å². The van der Waals surface area contributed by atoms with E-state index in [2.05, 4.69) is 18.2 Å². The molecule has 3 aromatic rings. The van der Waals surface area contributed by atoms with Gasteiger partial charge in [-0.3, -0.25) is 4.79 Å². The van der Waals surface area contributed by atoms with Gasteiger partial charge in [-0.05, 0) is 16.2 Å². The third-order valence-electron chi connectivity index (χ3n) is 3.53. The van der Waals surface area contributed by atoms with E-state index in [1.54, 1.807) is 0 Å². The molecule has 86 valence electrons. The van der Waals surface area contributed by atoms with Crippen molar-refractivity contribution in [3.63, 3.8) is 0 Å². The number of hydrogen-bond donors (Lipinski definition) is 0. The zero-order chi connectivity index (χ0) is 12.1. The fourth-order valence-corrected chi connectivity index (χ4v) is 2.77. The highest BCUT2D eigenvalue weighted by Crippen LogP contribution is 2.41. The number of benzene rings is 3. The molecular weight excluding hydrogens is 224 g/mol. The van der Waals surface area contributed by atoms with E-state index in [1.807, 2.05) is 30.3 Å². The van der Waals surface area contributed by atoms with Crippen LogP contribution in [0.5, 0.6) is 5.75 Å². The lowest BCUT2D eigenvalue weighted by Gasteiger charge is -2.09. The highest BCUT2D eigenvalue weighted by Gasteiger charge is 2.25. The SMILES string of the molecule is O=C1Cc2c(c3ccccc3c3ccccc23)O1.